The third-order valence-electron chi connectivity index (χ3n) is 4.66. The third kappa shape index (κ3) is 3.94. The topological polar surface area (TPSA) is 45.7 Å². The van der Waals surface area contributed by atoms with Crippen LogP contribution < -0.4 is 9.64 Å². The zero-order chi connectivity index (χ0) is 19.3. The summed E-state index contributed by atoms with van der Waals surface area (Å²) in [5, 5.41) is 0.475. The van der Waals surface area contributed by atoms with Crippen molar-refractivity contribution < 1.29 is 9.53 Å². The summed E-state index contributed by atoms with van der Waals surface area (Å²) < 4.78 is 5.99. The van der Waals surface area contributed by atoms with E-state index in [9.17, 15) is 4.79 Å². The smallest absolute Gasteiger partial charge is 0.329 e. The predicted molar refractivity (Wildman–Crippen MR) is 110 cm³/mol. The zero-order valence-electron chi connectivity index (χ0n) is 15.2. The lowest BCUT2D eigenvalue weighted by Gasteiger charge is -2.28. The molecule has 3 aromatic rings. The van der Waals surface area contributed by atoms with Gasteiger partial charge in [0.25, 0.3) is 0 Å². The molecule has 5 nitrogen and oxygen atoms in total. The molecule has 1 aliphatic heterocycles. The number of carbonyl (C=O) groups is 1. The van der Waals surface area contributed by atoms with Gasteiger partial charge < -0.3 is 9.64 Å². The molecule has 1 fully saturated rings. The van der Waals surface area contributed by atoms with Gasteiger partial charge >= 0.3 is 6.03 Å². The van der Waals surface area contributed by atoms with Crippen LogP contribution in [-0.2, 0) is 0 Å². The molecule has 0 unspecified atom stereocenters. The van der Waals surface area contributed by atoms with E-state index >= 15 is 0 Å². The Kier molecular flexibility index (Phi) is 5.44. The first-order valence-electron chi connectivity index (χ1n) is 9.17. The van der Waals surface area contributed by atoms with Gasteiger partial charge in [-0.2, -0.15) is 0 Å². The molecule has 0 aliphatic carbocycles. The Morgan fingerprint density at radius 1 is 1.04 bits per heavy atom. The van der Waals surface area contributed by atoms with Gasteiger partial charge in [0.2, 0.25) is 0 Å². The molecule has 1 aliphatic rings. The number of para-hydroxylation sites is 2. The van der Waals surface area contributed by atoms with Gasteiger partial charge in [-0.15, -0.1) is 0 Å². The molecular formula is C22H20ClN3O2. The number of hydrogen-bond donors (Lipinski definition) is 0. The van der Waals surface area contributed by atoms with Crippen molar-refractivity contribution in [2.75, 3.05) is 18.0 Å². The molecule has 6 heteroatoms. The van der Waals surface area contributed by atoms with Crippen molar-refractivity contribution >= 4 is 29.0 Å². The minimum atomic E-state index is -0.0998. The maximum absolute atomic E-state index is 13.4. The van der Waals surface area contributed by atoms with Crippen LogP contribution in [0.1, 0.15) is 6.42 Å². The summed E-state index contributed by atoms with van der Waals surface area (Å²) in [7, 11) is 0. The highest BCUT2D eigenvalue weighted by Crippen LogP contribution is 2.29. The lowest BCUT2D eigenvalue weighted by atomic mass is 10.2. The molecule has 0 N–H and O–H groups in total. The van der Waals surface area contributed by atoms with E-state index in [1.807, 2.05) is 65.6 Å². The highest BCUT2D eigenvalue weighted by molar-refractivity contribution is 6.31. The number of anilines is 2. The Hall–Kier alpha value is -3.05. The van der Waals surface area contributed by atoms with Crippen LogP contribution in [0.3, 0.4) is 0 Å². The van der Waals surface area contributed by atoms with E-state index in [1.165, 1.54) is 0 Å². The quantitative estimate of drug-likeness (QED) is 0.616. The number of likely N-dealkylation sites (tertiary alicyclic amines) is 1. The number of halogens is 1. The second kappa shape index (κ2) is 8.31. The minimum absolute atomic E-state index is 0.0654. The number of benzene rings is 2. The highest BCUT2D eigenvalue weighted by atomic mass is 35.5. The summed E-state index contributed by atoms with van der Waals surface area (Å²) in [5.74, 6) is 0.596. The van der Waals surface area contributed by atoms with E-state index in [-0.39, 0.29) is 12.1 Å². The molecular weight excluding hydrogens is 374 g/mol. The average Bonchev–Trinajstić information content (AvgIpc) is 3.20. The van der Waals surface area contributed by atoms with Crippen LogP contribution >= 0.6 is 11.6 Å². The summed E-state index contributed by atoms with van der Waals surface area (Å²) in [6.07, 6.45) is 3.85. The average molecular weight is 394 g/mol. The first-order valence-corrected chi connectivity index (χ1v) is 9.55. The van der Waals surface area contributed by atoms with Crippen LogP contribution in [0.2, 0.25) is 5.02 Å². The lowest BCUT2D eigenvalue weighted by Crippen LogP contribution is -2.40. The highest BCUT2D eigenvalue weighted by Gasteiger charge is 2.32. The van der Waals surface area contributed by atoms with Gasteiger partial charge in [0.1, 0.15) is 16.9 Å². The Balaban J connectivity index is 1.53. The van der Waals surface area contributed by atoms with E-state index in [4.69, 9.17) is 16.3 Å². The maximum Gasteiger partial charge on any atom is 0.329 e. The van der Waals surface area contributed by atoms with E-state index in [2.05, 4.69) is 4.98 Å². The third-order valence-corrected chi connectivity index (χ3v) is 4.95. The van der Waals surface area contributed by atoms with Crippen LogP contribution in [0.4, 0.5) is 16.2 Å². The zero-order valence-corrected chi connectivity index (χ0v) is 16.0. The van der Waals surface area contributed by atoms with Crippen molar-refractivity contribution in [2.24, 2.45) is 0 Å². The molecule has 1 saturated heterocycles. The minimum Gasteiger partial charge on any atom is -0.487 e. The molecule has 0 spiro atoms. The Morgan fingerprint density at radius 3 is 2.29 bits per heavy atom. The molecule has 0 radical (unpaired) electrons. The van der Waals surface area contributed by atoms with Crippen LogP contribution in [-0.4, -0.2) is 35.1 Å². The second-order valence-corrected chi connectivity index (χ2v) is 6.98. The number of rotatable bonds is 4. The first-order chi connectivity index (χ1) is 13.7. The van der Waals surface area contributed by atoms with Gasteiger partial charge in [-0.05, 0) is 24.3 Å². The van der Waals surface area contributed by atoms with Crippen molar-refractivity contribution in [3.8, 4) is 5.75 Å². The lowest BCUT2D eigenvalue weighted by molar-refractivity contribution is 0.192. The van der Waals surface area contributed by atoms with Gasteiger partial charge in [0, 0.05) is 31.4 Å². The standard InChI is InChI=1S/C22H20ClN3O2/c23-20-15-24-13-11-21(20)28-19-12-14-25(16-19)22(27)26(17-7-3-1-4-8-17)18-9-5-2-6-10-18/h1-11,13,15,19H,12,14,16H2/t19-/m0/s1. The van der Waals surface area contributed by atoms with E-state index < -0.39 is 0 Å². The molecule has 1 aromatic heterocycles. The van der Waals surface area contributed by atoms with Crippen LogP contribution in [0.5, 0.6) is 5.75 Å². The van der Waals surface area contributed by atoms with Crippen molar-refractivity contribution in [1.82, 2.24) is 9.88 Å². The molecule has 28 heavy (non-hydrogen) atoms. The number of hydrogen-bond acceptors (Lipinski definition) is 3. The fourth-order valence-electron chi connectivity index (χ4n) is 3.30. The van der Waals surface area contributed by atoms with Gasteiger partial charge in [0.05, 0.1) is 17.9 Å². The molecule has 2 aromatic carbocycles. The largest absolute Gasteiger partial charge is 0.487 e. The number of pyridine rings is 1. The second-order valence-electron chi connectivity index (χ2n) is 6.57. The summed E-state index contributed by atoms with van der Waals surface area (Å²) in [6.45, 7) is 1.13. The molecule has 2 heterocycles. The molecule has 0 saturated carbocycles. The molecule has 2 amide bonds. The molecule has 0 bridgehead atoms. The fraction of sp³-hybridized carbons (Fsp3) is 0.182. The maximum atomic E-state index is 13.4. The monoisotopic (exact) mass is 393 g/mol. The Labute approximate surface area is 169 Å². The van der Waals surface area contributed by atoms with Crippen molar-refractivity contribution in [3.05, 3.63) is 84.1 Å². The van der Waals surface area contributed by atoms with Crippen LogP contribution in [0.15, 0.2) is 79.1 Å². The van der Waals surface area contributed by atoms with E-state index in [1.54, 1.807) is 23.4 Å². The molecule has 142 valence electrons. The number of amides is 2. The van der Waals surface area contributed by atoms with Crippen molar-refractivity contribution in [3.63, 3.8) is 0 Å². The number of urea groups is 1. The number of aromatic nitrogens is 1. The van der Waals surface area contributed by atoms with Crippen molar-refractivity contribution in [1.29, 1.82) is 0 Å². The normalized spacial score (nSPS) is 16.0. The number of nitrogens with zero attached hydrogens (tertiary/aromatic N) is 3. The molecule has 1 atom stereocenters. The Bertz CT molecular complexity index is 897. The molecule has 4 rings (SSSR count). The predicted octanol–water partition coefficient (Wildman–Crippen LogP) is 5.15. The number of ether oxygens (including phenoxy) is 1. The van der Waals surface area contributed by atoms with Crippen molar-refractivity contribution in [2.45, 2.75) is 12.5 Å². The Morgan fingerprint density at radius 2 is 1.68 bits per heavy atom. The van der Waals surface area contributed by atoms with Gasteiger partial charge in [-0.1, -0.05) is 48.0 Å². The van der Waals surface area contributed by atoms with Gasteiger partial charge in [-0.3, -0.25) is 9.88 Å². The van der Waals surface area contributed by atoms with Crippen LogP contribution in [0.25, 0.3) is 0 Å². The first kappa shape index (κ1) is 18.3. The SMILES string of the molecule is O=C(N1CC[C@H](Oc2ccncc2Cl)C1)N(c1ccccc1)c1ccccc1. The number of carbonyl (C=O) groups excluding carboxylic acids is 1. The summed E-state index contributed by atoms with van der Waals surface area (Å²) >= 11 is 6.14. The van der Waals surface area contributed by atoms with E-state index in [0.29, 0.717) is 23.9 Å². The summed E-state index contributed by atoms with van der Waals surface area (Å²) in [4.78, 5) is 20.9. The van der Waals surface area contributed by atoms with Crippen LogP contribution in [0, 0.1) is 0 Å². The summed E-state index contributed by atoms with van der Waals surface area (Å²) in [5.41, 5.74) is 1.67. The van der Waals surface area contributed by atoms with Gasteiger partial charge in [0.15, 0.2) is 0 Å². The van der Waals surface area contributed by atoms with Gasteiger partial charge in [-0.25, -0.2) is 4.79 Å². The summed E-state index contributed by atoms with van der Waals surface area (Å²) in [6, 6.07) is 21.0. The van der Waals surface area contributed by atoms with E-state index in [0.717, 1.165) is 17.8 Å². The fourth-order valence-corrected chi connectivity index (χ4v) is 3.47.